The number of thioether (sulfide) groups is 1. The molecule has 21 heavy (non-hydrogen) atoms. The number of amides is 1. The summed E-state index contributed by atoms with van der Waals surface area (Å²) in [5.74, 6) is 0.882. The molecule has 0 aliphatic carbocycles. The Morgan fingerprint density at radius 3 is 2.95 bits per heavy atom. The average molecular weight is 304 g/mol. The quantitative estimate of drug-likeness (QED) is 0.796. The van der Waals surface area contributed by atoms with Gasteiger partial charge in [-0.05, 0) is 36.5 Å². The number of aromatic nitrogens is 3. The molecule has 0 atom stereocenters. The molecule has 112 valence electrons. The van der Waals surface area contributed by atoms with Crippen LogP contribution in [0.4, 0.5) is 0 Å². The van der Waals surface area contributed by atoms with Gasteiger partial charge in [0, 0.05) is 6.54 Å². The lowest BCUT2D eigenvalue weighted by Crippen LogP contribution is -2.25. The maximum absolute atomic E-state index is 11.9. The molecule has 6 heteroatoms. The van der Waals surface area contributed by atoms with Gasteiger partial charge in [-0.15, -0.1) is 5.10 Å². The Hall–Kier alpha value is -1.82. The normalized spacial score (nSPS) is 10.6. The van der Waals surface area contributed by atoms with Gasteiger partial charge in [0.2, 0.25) is 0 Å². The second-order valence-electron chi connectivity index (χ2n) is 4.83. The Kier molecular flexibility index (Phi) is 5.80. The lowest BCUT2D eigenvalue weighted by molar-refractivity contribution is 0.0948. The summed E-state index contributed by atoms with van der Waals surface area (Å²) >= 11 is 1.77. The van der Waals surface area contributed by atoms with Crippen LogP contribution in [0.2, 0.25) is 0 Å². The van der Waals surface area contributed by atoms with Crippen molar-refractivity contribution in [3.8, 4) is 0 Å². The molecule has 0 radical (unpaired) electrons. The highest BCUT2D eigenvalue weighted by atomic mass is 32.2. The molecule has 5 nitrogen and oxygen atoms in total. The third kappa shape index (κ3) is 4.60. The van der Waals surface area contributed by atoms with Gasteiger partial charge < -0.3 is 5.32 Å². The summed E-state index contributed by atoms with van der Waals surface area (Å²) in [4.78, 5) is 11.9. The van der Waals surface area contributed by atoms with E-state index in [0.717, 1.165) is 12.2 Å². The minimum atomic E-state index is -0.160. The van der Waals surface area contributed by atoms with Gasteiger partial charge in [-0.3, -0.25) is 4.79 Å². The Morgan fingerprint density at radius 2 is 2.19 bits per heavy atom. The number of hydrogen-bond acceptors (Lipinski definition) is 4. The maximum Gasteiger partial charge on any atom is 0.273 e. The van der Waals surface area contributed by atoms with Gasteiger partial charge in [-0.2, -0.15) is 11.8 Å². The number of carbonyl (C=O) groups excluding carboxylic acids is 1. The Morgan fingerprint density at radius 1 is 1.38 bits per heavy atom. The SMILES string of the molecule is CSCCCNC(=O)c1cn(Cc2ccccc2C)nn1. The monoisotopic (exact) mass is 304 g/mol. The molecule has 0 fully saturated rings. The maximum atomic E-state index is 11.9. The molecule has 0 bridgehead atoms. The number of benzene rings is 1. The molecule has 1 N–H and O–H groups in total. The van der Waals surface area contributed by atoms with Crippen molar-refractivity contribution in [3.63, 3.8) is 0 Å². The topological polar surface area (TPSA) is 59.8 Å². The van der Waals surface area contributed by atoms with E-state index in [1.807, 2.05) is 12.1 Å². The van der Waals surface area contributed by atoms with Crippen molar-refractivity contribution in [2.45, 2.75) is 19.9 Å². The minimum Gasteiger partial charge on any atom is -0.351 e. The van der Waals surface area contributed by atoms with E-state index in [1.165, 1.54) is 11.1 Å². The van der Waals surface area contributed by atoms with Crippen molar-refractivity contribution in [1.82, 2.24) is 20.3 Å². The third-order valence-corrected chi connectivity index (χ3v) is 3.87. The molecule has 1 amide bonds. The van der Waals surface area contributed by atoms with Crippen molar-refractivity contribution in [2.24, 2.45) is 0 Å². The van der Waals surface area contributed by atoms with Gasteiger partial charge in [-0.25, -0.2) is 4.68 Å². The van der Waals surface area contributed by atoms with Crippen LogP contribution in [0.5, 0.6) is 0 Å². The largest absolute Gasteiger partial charge is 0.351 e. The first-order valence-electron chi connectivity index (χ1n) is 6.92. The van der Waals surface area contributed by atoms with Crippen LogP contribution >= 0.6 is 11.8 Å². The van der Waals surface area contributed by atoms with E-state index in [0.29, 0.717) is 18.8 Å². The highest BCUT2D eigenvalue weighted by molar-refractivity contribution is 7.98. The van der Waals surface area contributed by atoms with Gasteiger partial charge in [0.05, 0.1) is 12.7 Å². The van der Waals surface area contributed by atoms with Crippen molar-refractivity contribution in [2.75, 3.05) is 18.6 Å². The molecule has 1 heterocycles. The Bertz CT molecular complexity index is 597. The average Bonchev–Trinajstić information content (AvgIpc) is 2.94. The van der Waals surface area contributed by atoms with E-state index in [2.05, 4.69) is 40.9 Å². The Balaban J connectivity index is 1.92. The first kappa shape index (κ1) is 15.6. The van der Waals surface area contributed by atoms with E-state index in [9.17, 15) is 4.79 Å². The van der Waals surface area contributed by atoms with E-state index in [-0.39, 0.29) is 5.91 Å². The van der Waals surface area contributed by atoms with Gasteiger partial charge in [0.25, 0.3) is 5.91 Å². The second kappa shape index (κ2) is 7.83. The first-order chi connectivity index (χ1) is 10.2. The van der Waals surface area contributed by atoms with Crippen LogP contribution in [0.15, 0.2) is 30.5 Å². The molecule has 0 aliphatic rings. The molecule has 1 aromatic carbocycles. The molecule has 1 aromatic heterocycles. The van der Waals surface area contributed by atoms with E-state index < -0.39 is 0 Å². The molecule has 0 aliphatic heterocycles. The summed E-state index contributed by atoms with van der Waals surface area (Å²) in [6, 6.07) is 8.12. The fraction of sp³-hybridized carbons (Fsp3) is 0.400. The molecule has 2 rings (SSSR count). The van der Waals surface area contributed by atoms with Gasteiger partial charge >= 0.3 is 0 Å². The van der Waals surface area contributed by atoms with Crippen molar-refractivity contribution < 1.29 is 4.79 Å². The van der Waals surface area contributed by atoms with E-state index >= 15 is 0 Å². The predicted octanol–water partition coefficient (Wildman–Crippen LogP) is 2.12. The molecular formula is C15H20N4OS. The molecule has 0 saturated heterocycles. The van der Waals surface area contributed by atoms with Crippen LogP contribution < -0.4 is 5.32 Å². The fourth-order valence-electron chi connectivity index (χ4n) is 1.95. The summed E-state index contributed by atoms with van der Waals surface area (Å²) in [5, 5.41) is 10.8. The van der Waals surface area contributed by atoms with Crippen molar-refractivity contribution in [3.05, 3.63) is 47.3 Å². The van der Waals surface area contributed by atoms with Crippen LogP contribution in [0.25, 0.3) is 0 Å². The van der Waals surface area contributed by atoms with Crippen LogP contribution in [0.1, 0.15) is 28.0 Å². The summed E-state index contributed by atoms with van der Waals surface area (Å²) in [6.07, 6.45) is 4.71. The van der Waals surface area contributed by atoms with E-state index in [4.69, 9.17) is 0 Å². The molecular weight excluding hydrogens is 284 g/mol. The fourth-order valence-corrected chi connectivity index (χ4v) is 2.38. The standard InChI is InChI=1S/C15H20N4OS/c1-12-6-3-4-7-13(12)10-19-11-14(17-18-19)15(20)16-8-5-9-21-2/h3-4,6-7,11H,5,8-10H2,1-2H3,(H,16,20). The lowest BCUT2D eigenvalue weighted by Gasteiger charge is -2.04. The number of rotatable bonds is 7. The van der Waals surface area contributed by atoms with Crippen LogP contribution in [0.3, 0.4) is 0 Å². The summed E-state index contributed by atoms with van der Waals surface area (Å²) < 4.78 is 1.69. The highest BCUT2D eigenvalue weighted by Crippen LogP contribution is 2.08. The van der Waals surface area contributed by atoms with Crippen LogP contribution in [0, 0.1) is 6.92 Å². The summed E-state index contributed by atoms with van der Waals surface area (Å²) in [7, 11) is 0. The molecule has 0 spiro atoms. The zero-order valence-electron chi connectivity index (χ0n) is 12.4. The Labute approximate surface area is 129 Å². The van der Waals surface area contributed by atoms with Gasteiger partial charge in [0.1, 0.15) is 0 Å². The molecule has 0 saturated carbocycles. The number of aryl methyl sites for hydroxylation is 1. The second-order valence-corrected chi connectivity index (χ2v) is 5.82. The number of hydrogen-bond donors (Lipinski definition) is 1. The summed E-state index contributed by atoms with van der Waals surface area (Å²) in [6.45, 7) is 3.36. The lowest BCUT2D eigenvalue weighted by atomic mass is 10.1. The van der Waals surface area contributed by atoms with Gasteiger partial charge in [0.15, 0.2) is 5.69 Å². The third-order valence-electron chi connectivity index (χ3n) is 3.18. The van der Waals surface area contributed by atoms with E-state index in [1.54, 1.807) is 22.6 Å². The zero-order chi connectivity index (χ0) is 15.1. The first-order valence-corrected chi connectivity index (χ1v) is 8.32. The van der Waals surface area contributed by atoms with Gasteiger partial charge in [-0.1, -0.05) is 29.5 Å². The van der Waals surface area contributed by atoms with Crippen molar-refractivity contribution >= 4 is 17.7 Å². The molecule has 0 unspecified atom stereocenters. The minimum absolute atomic E-state index is 0.160. The summed E-state index contributed by atoms with van der Waals surface area (Å²) in [5.41, 5.74) is 2.75. The van der Waals surface area contributed by atoms with Crippen LogP contribution in [-0.4, -0.2) is 39.5 Å². The number of nitrogens with zero attached hydrogens (tertiary/aromatic N) is 3. The zero-order valence-corrected chi connectivity index (χ0v) is 13.2. The number of nitrogens with one attached hydrogen (secondary N) is 1. The highest BCUT2D eigenvalue weighted by Gasteiger charge is 2.10. The molecule has 2 aromatic rings. The predicted molar refractivity (Wildman–Crippen MR) is 85.6 cm³/mol. The smallest absolute Gasteiger partial charge is 0.273 e. The number of carbonyl (C=O) groups is 1. The van der Waals surface area contributed by atoms with Crippen LogP contribution in [-0.2, 0) is 6.54 Å². The van der Waals surface area contributed by atoms with Crippen molar-refractivity contribution in [1.29, 1.82) is 0 Å².